The summed E-state index contributed by atoms with van der Waals surface area (Å²) in [6.45, 7) is 4.36. The highest BCUT2D eigenvalue weighted by molar-refractivity contribution is 7.84. The fraction of sp³-hybridized carbons (Fsp3) is 1.00. The van der Waals surface area contributed by atoms with Gasteiger partial charge in [0.25, 0.3) is 0 Å². The Morgan fingerprint density at radius 3 is 1.84 bits per heavy atom. The Balaban J connectivity index is 0. The molecule has 0 amide bonds. The van der Waals surface area contributed by atoms with Gasteiger partial charge in [-0.15, -0.1) is 0 Å². The molecule has 6 heteroatoms. The van der Waals surface area contributed by atoms with Crippen molar-refractivity contribution in [3.63, 3.8) is 0 Å². The largest absolute Gasteiger partial charge is 0.748 e. The zero-order valence-electron chi connectivity index (χ0n) is 13.1. The summed E-state index contributed by atoms with van der Waals surface area (Å²) < 4.78 is 27.3. The first-order valence-corrected chi connectivity index (χ1v) is 8.77. The van der Waals surface area contributed by atoms with E-state index in [4.69, 9.17) is 13.0 Å². The molecule has 0 rings (SSSR count). The Kier molecular flexibility index (Phi) is 11.8. The normalized spacial score (nSPS) is 13.6. The highest BCUT2D eigenvalue weighted by Gasteiger charge is 2.20. The molecular formula is C13H31NO4S. The van der Waals surface area contributed by atoms with Gasteiger partial charge in [0, 0.05) is 12.7 Å². The van der Waals surface area contributed by atoms with Crippen molar-refractivity contribution in [1.82, 2.24) is 0 Å². The van der Waals surface area contributed by atoms with E-state index in [1.807, 2.05) is 14.1 Å². The van der Waals surface area contributed by atoms with Gasteiger partial charge >= 0.3 is 0 Å². The molecule has 0 heterocycles. The first-order valence-electron chi connectivity index (χ1n) is 6.95. The summed E-state index contributed by atoms with van der Waals surface area (Å²) in [5.74, 6) is 0. The topological polar surface area (TPSA) is 77.4 Å². The minimum absolute atomic E-state index is 0.106. The fourth-order valence-electron chi connectivity index (χ4n) is 1.54. The van der Waals surface area contributed by atoms with Gasteiger partial charge in [-0.1, -0.05) is 39.0 Å². The third-order valence-electron chi connectivity index (χ3n) is 3.05. The molecule has 1 unspecified atom stereocenters. The van der Waals surface area contributed by atoms with E-state index in [0.717, 1.165) is 6.42 Å². The van der Waals surface area contributed by atoms with E-state index in [1.54, 1.807) is 0 Å². The predicted molar refractivity (Wildman–Crippen MR) is 77.0 cm³/mol. The van der Waals surface area contributed by atoms with Crippen molar-refractivity contribution < 1.29 is 22.8 Å². The fourth-order valence-corrected chi connectivity index (χ4v) is 1.54. The van der Waals surface area contributed by atoms with Gasteiger partial charge in [-0.3, -0.25) is 0 Å². The van der Waals surface area contributed by atoms with E-state index < -0.39 is 10.1 Å². The monoisotopic (exact) mass is 297 g/mol. The van der Waals surface area contributed by atoms with E-state index in [-0.39, 0.29) is 4.65 Å². The smallest absolute Gasteiger partial charge is 0.116 e. The number of rotatable bonds is 8. The molecule has 1 atom stereocenters. The van der Waals surface area contributed by atoms with Crippen molar-refractivity contribution in [1.29, 1.82) is 0 Å². The molecule has 0 aromatic rings. The second kappa shape index (κ2) is 10.6. The van der Waals surface area contributed by atoms with E-state index in [0.29, 0.717) is 12.3 Å². The second-order valence-electron chi connectivity index (χ2n) is 5.59. The van der Waals surface area contributed by atoms with Gasteiger partial charge in [-0.05, 0) is 13.3 Å². The average molecular weight is 297 g/mol. The van der Waals surface area contributed by atoms with Crippen LogP contribution in [0.1, 0.15) is 58.8 Å². The summed E-state index contributed by atoms with van der Waals surface area (Å²) in [4.78, 5) is 0. The Morgan fingerprint density at radius 2 is 1.47 bits per heavy atom. The first-order chi connectivity index (χ1) is 8.48. The van der Waals surface area contributed by atoms with Gasteiger partial charge < -0.3 is 4.55 Å². The number of hydroxylamine groups is 3. The van der Waals surface area contributed by atoms with Gasteiger partial charge in [-0.25, -0.2) is 13.6 Å². The van der Waals surface area contributed by atoms with Crippen LogP contribution in [0.3, 0.4) is 0 Å². The van der Waals surface area contributed by atoms with Crippen molar-refractivity contribution >= 4 is 10.1 Å². The molecule has 0 saturated heterocycles. The summed E-state index contributed by atoms with van der Waals surface area (Å²) in [7, 11) is -0.219. The number of nitrogens with zero attached hydrogens (tertiary/aromatic N) is 1. The van der Waals surface area contributed by atoms with Crippen molar-refractivity contribution in [3.05, 3.63) is 0 Å². The number of quaternary nitrogens is 1. The Labute approximate surface area is 118 Å². The van der Waals surface area contributed by atoms with Crippen LogP contribution >= 0.6 is 0 Å². The quantitative estimate of drug-likeness (QED) is 0.323. The SMILES string of the molecule is CCCCCCCCC(C)[N+](C)(C)O.CS(=O)(=O)[O-]. The zero-order valence-corrected chi connectivity index (χ0v) is 13.9. The second-order valence-corrected chi connectivity index (χ2v) is 7.00. The molecule has 0 radical (unpaired) electrons. The van der Waals surface area contributed by atoms with Crippen LogP contribution in [0.5, 0.6) is 0 Å². The van der Waals surface area contributed by atoms with Crippen molar-refractivity contribution in [2.75, 3.05) is 20.4 Å². The lowest BCUT2D eigenvalue weighted by molar-refractivity contribution is -1.09. The molecule has 0 bridgehead atoms. The summed E-state index contributed by atoms with van der Waals surface area (Å²) in [6.07, 6.45) is 9.75. The van der Waals surface area contributed by atoms with E-state index in [9.17, 15) is 5.21 Å². The lowest BCUT2D eigenvalue weighted by Crippen LogP contribution is -2.43. The minimum atomic E-state index is -3.92. The first kappa shape index (κ1) is 21.1. The molecular weight excluding hydrogens is 266 g/mol. The van der Waals surface area contributed by atoms with Crippen molar-refractivity contribution in [2.24, 2.45) is 0 Å². The summed E-state index contributed by atoms with van der Waals surface area (Å²) in [6, 6.07) is 0.362. The van der Waals surface area contributed by atoms with Gasteiger partial charge in [0.15, 0.2) is 0 Å². The third-order valence-corrected chi connectivity index (χ3v) is 3.05. The van der Waals surface area contributed by atoms with Crippen molar-refractivity contribution in [3.8, 4) is 0 Å². The maximum absolute atomic E-state index is 9.66. The van der Waals surface area contributed by atoms with Crippen LogP contribution in [0.4, 0.5) is 0 Å². The van der Waals surface area contributed by atoms with Gasteiger partial charge in [0.05, 0.1) is 24.2 Å². The van der Waals surface area contributed by atoms with E-state index >= 15 is 0 Å². The van der Waals surface area contributed by atoms with Crippen LogP contribution in [0.25, 0.3) is 0 Å². The molecule has 19 heavy (non-hydrogen) atoms. The Bertz CT molecular complexity index is 288. The molecule has 0 spiro atoms. The standard InChI is InChI=1S/C12H28NO.CH4O3S/c1-5-6-7-8-9-10-11-12(2)13(3,4)14;1-5(2,3)4/h12,14H,5-11H2,1-4H3;1H3,(H,2,3,4)/q+1;/p-1. The minimum Gasteiger partial charge on any atom is -0.748 e. The van der Waals surface area contributed by atoms with Crippen LogP contribution in [-0.4, -0.2) is 49.2 Å². The molecule has 1 N–H and O–H groups in total. The molecule has 0 saturated carbocycles. The van der Waals surface area contributed by atoms with Gasteiger partial charge in [0.1, 0.15) is 6.04 Å². The van der Waals surface area contributed by atoms with E-state index in [2.05, 4.69) is 13.8 Å². The van der Waals surface area contributed by atoms with Crippen LogP contribution in [0.2, 0.25) is 0 Å². The predicted octanol–water partition coefficient (Wildman–Crippen LogP) is 2.75. The summed E-state index contributed by atoms with van der Waals surface area (Å²) >= 11 is 0. The molecule has 118 valence electrons. The number of hydrogen-bond acceptors (Lipinski definition) is 4. The van der Waals surface area contributed by atoms with Gasteiger partial charge in [0.2, 0.25) is 0 Å². The van der Waals surface area contributed by atoms with Crippen LogP contribution in [-0.2, 0) is 10.1 Å². The highest BCUT2D eigenvalue weighted by Crippen LogP contribution is 2.13. The maximum atomic E-state index is 9.66. The Hall–Kier alpha value is -0.170. The maximum Gasteiger partial charge on any atom is 0.116 e. The third kappa shape index (κ3) is 23.4. The molecule has 0 aromatic heterocycles. The van der Waals surface area contributed by atoms with Gasteiger partial charge in [-0.2, -0.15) is 4.65 Å². The molecule has 5 nitrogen and oxygen atoms in total. The number of unbranched alkanes of at least 4 members (excludes halogenated alkanes) is 5. The lowest BCUT2D eigenvalue weighted by atomic mass is 10.1. The van der Waals surface area contributed by atoms with Crippen LogP contribution < -0.4 is 0 Å². The highest BCUT2D eigenvalue weighted by atomic mass is 32.2. The molecule has 0 aliphatic rings. The zero-order chi connectivity index (χ0) is 15.5. The summed E-state index contributed by atoms with van der Waals surface area (Å²) in [5.41, 5.74) is 0. The van der Waals surface area contributed by atoms with E-state index in [1.165, 1.54) is 38.5 Å². The van der Waals surface area contributed by atoms with Crippen LogP contribution in [0.15, 0.2) is 0 Å². The molecule has 0 aliphatic heterocycles. The van der Waals surface area contributed by atoms with Crippen LogP contribution in [0, 0.1) is 0 Å². The number of hydrogen-bond donors (Lipinski definition) is 1. The summed E-state index contributed by atoms with van der Waals surface area (Å²) in [5, 5.41) is 9.66. The molecule has 0 aromatic carbocycles. The average Bonchev–Trinajstić information content (AvgIpc) is 2.19. The molecule has 0 aliphatic carbocycles. The lowest BCUT2D eigenvalue weighted by Gasteiger charge is -2.27. The van der Waals surface area contributed by atoms with Crippen molar-refractivity contribution in [2.45, 2.75) is 64.8 Å². The Morgan fingerprint density at radius 1 is 1.11 bits per heavy atom. The molecule has 0 fully saturated rings.